The summed E-state index contributed by atoms with van der Waals surface area (Å²) in [5.41, 5.74) is 2.38. The van der Waals surface area contributed by atoms with Crippen molar-refractivity contribution in [1.29, 1.82) is 0 Å². The highest BCUT2D eigenvalue weighted by Crippen LogP contribution is 2.29. The Balaban J connectivity index is 1.40. The molecule has 1 fully saturated rings. The van der Waals surface area contributed by atoms with E-state index in [0.717, 1.165) is 22.5 Å². The molecule has 1 atom stereocenters. The molecule has 0 radical (unpaired) electrons. The molecule has 36 heavy (non-hydrogen) atoms. The van der Waals surface area contributed by atoms with Gasteiger partial charge in [-0.2, -0.15) is 4.31 Å². The zero-order valence-electron chi connectivity index (χ0n) is 19.6. The molecule has 1 saturated heterocycles. The van der Waals surface area contributed by atoms with Crippen LogP contribution in [0.1, 0.15) is 27.6 Å². The van der Waals surface area contributed by atoms with Crippen LogP contribution in [0.3, 0.4) is 0 Å². The minimum Gasteiger partial charge on any atom is -0.465 e. The van der Waals surface area contributed by atoms with Gasteiger partial charge in [0.15, 0.2) is 0 Å². The van der Waals surface area contributed by atoms with E-state index in [1.807, 2.05) is 36.4 Å². The predicted octanol–water partition coefficient (Wildman–Crippen LogP) is 5.11. The van der Waals surface area contributed by atoms with Crippen LogP contribution in [-0.2, 0) is 26.1 Å². The number of piperazine rings is 1. The number of esters is 1. The van der Waals surface area contributed by atoms with Crippen molar-refractivity contribution >= 4 is 50.5 Å². The van der Waals surface area contributed by atoms with E-state index in [2.05, 4.69) is 4.90 Å². The molecule has 0 spiro atoms. The van der Waals surface area contributed by atoms with Crippen LogP contribution in [0.25, 0.3) is 0 Å². The first-order chi connectivity index (χ1) is 17.3. The van der Waals surface area contributed by atoms with Gasteiger partial charge >= 0.3 is 5.97 Å². The zero-order valence-corrected chi connectivity index (χ0v) is 22.7. The van der Waals surface area contributed by atoms with Gasteiger partial charge in [-0.05, 0) is 47.5 Å². The van der Waals surface area contributed by atoms with E-state index in [1.165, 1.54) is 11.4 Å². The number of hydrogen-bond donors (Lipinski definition) is 0. The summed E-state index contributed by atoms with van der Waals surface area (Å²) in [4.78, 5) is 13.9. The molecule has 7 nitrogen and oxygen atoms in total. The largest absolute Gasteiger partial charge is 0.465 e. The second kappa shape index (κ2) is 12.0. The maximum absolute atomic E-state index is 12.9. The topological polar surface area (TPSA) is 76.2 Å². The molecular formula is C25H26Cl2N2O5S2. The van der Waals surface area contributed by atoms with Gasteiger partial charge in [-0.3, -0.25) is 4.90 Å². The number of benzene rings is 2. The number of carbonyl (C=O) groups is 1. The molecule has 1 aliphatic rings. The normalized spacial score (nSPS) is 16.1. The number of methoxy groups -OCH3 is 1. The second-order valence-electron chi connectivity index (χ2n) is 8.30. The number of thiophene rings is 1. The highest BCUT2D eigenvalue weighted by Gasteiger charge is 2.30. The summed E-state index contributed by atoms with van der Waals surface area (Å²) in [6, 6.07) is 17.8. The van der Waals surface area contributed by atoms with Gasteiger partial charge in [0.2, 0.25) is 0 Å². The number of rotatable bonds is 9. The first kappa shape index (κ1) is 27.1. The molecular weight excluding hydrogens is 543 g/mol. The van der Waals surface area contributed by atoms with E-state index >= 15 is 0 Å². The van der Waals surface area contributed by atoms with Crippen LogP contribution in [0, 0.1) is 0 Å². The minimum atomic E-state index is -3.55. The SMILES string of the molecule is COC(=O)c1ccc(CO[C@@H](CN2CCN(S(=O)(=O)c3ccc(Cl)s3)CC2)c2ccc(Cl)cc2)cc1. The zero-order chi connectivity index (χ0) is 25.7. The monoisotopic (exact) mass is 568 g/mol. The van der Waals surface area contributed by atoms with Gasteiger partial charge in [-0.1, -0.05) is 47.5 Å². The lowest BCUT2D eigenvalue weighted by Crippen LogP contribution is -2.49. The van der Waals surface area contributed by atoms with Crippen LogP contribution in [0.4, 0.5) is 0 Å². The Bertz CT molecular complexity index is 1270. The molecule has 1 aromatic heterocycles. The standard InChI is InChI=1S/C25H26Cl2N2O5S2/c1-33-25(30)20-4-2-18(3-5-20)17-34-22(19-6-8-21(26)9-7-19)16-28-12-14-29(15-13-28)36(31,32)24-11-10-23(27)35-24/h2-11,22H,12-17H2,1H3/t22-/m0/s1. The lowest BCUT2D eigenvalue weighted by Gasteiger charge is -2.35. The van der Waals surface area contributed by atoms with Crippen LogP contribution in [0.5, 0.6) is 0 Å². The van der Waals surface area contributed by atoms with Crippen LogP contribution in [-0.4, -0.2) is 63.4 Å². The quantitative estimate of drug-likeness (QED) is 0.334. The first-order valence-corrected chi connectivity index (χ1v) is 14.3. The predicted molar refractivity (Wildman–Crippen MR) is 141 cm³/mol. The van der Waals surface area contributed by atoms with E-state index < -0.39 is 10.0 Å². The molecule has 0 bridgehead atoms. The van der Waals surface area contributed by atoms with Crippen LogP contribution in [0.15, 0.2) is 64.9 Å². The number of nitrogens with zero attached hydrogens (tertiary/aromatic N) is 2. The van der Waals surface area contributed by atoms with Crippen molar-refractivity contribution in [3.05, 3.63) is 86.7 Å². The van der Waals surface area contributed by atoms with Crippen LogP contribution < -0.4 is 0 Å². The Labute approximate surface area is 225 Å². The molecule has 1 aliphatic heterocycles. The molecule has 0 unspecified atom stereocenters. The van der Waals surface area contributed by atoms with Crippen LogP contribution in [0.2, 0.25) is 9.36 Å². The lowest BCUT2D eigenvalue weighted by molar-refractivity contribution is 0.00772. The molecule has 0 saturated carbocycles. The smallest absolute Gasteiger partial charge is 0.337 e. The average molecular weight is 570 g/mol. The fourth-order valence-electron chi connectivity index (χ4n) is 3.93. The third kappa shape index (κ3) is 6.66. The highest BCUT2D eigenvalue weighted by atomic mass is 35.5. The summed E-state index contributed by atoms with van der Waals surface area (Å²) in [7, 11) is -2.20. The average Bonchev–Trinajstić information content (AvgIpc) is 3.34. The van der Waals surface area contributed by atoms with Gasteiger partial charge in [-0.15, -0.1) is 11.3 Å². The van der Waals surface area contributed by atoms with Gasteiger partial charge in [0.05, 0.1) is 29.7 Å². The molecule has 3 aromatic rings. The number of hydrogen-bond acceptors (Lipinski definition) is 7. The second-order valence-corrected chi connectivity index (χ2v) is 12.6. The number of carbonyl (C=O) groups excluding carboxylic acids is 1. The molecule has 0 aliphatic carbocycles. The van der Waals surface area contributed by atoms with Gasteiger partial charge in [-0.25, -0.2) is 13.2 Å². The Morgan fingerprint density at radius 2 is 1.64 bits per heavy atom. The summed E-state index contributed by atoms with van der Waals surface area (Å²) < 4.78 is 39.1. The molecule has 2 aromatic carbocycles. The van der Waals surface area contributed by atoms with Crippen molar-refractivity contribution in [1.82, 2.24) is 9.21 Å². The molecule has 4 rings (SSSR count). The highest BCUT2D eigenvalue weighted by molar-refractivity contribution is 7.91. The van der Waals surface area contributed by atoms with Crippen molar-refractivity contribution in [2.24, 2.45) is 0 Å². The van der Waals surface area contributed by atoms with Crippen molar-refractivity contribution < 1.29 is 22.7 Å². The Hall–Kier alpha value is -1.98. The summed E-state index contributed by atoms with van der Waals surface area (Å²) >= 11 is 13.1. The Morgan fingerprint density at radius 1 is 0.972 bits per heavy atom. The van der Waals surface area contributed by atoms with E-state index in [4.69, 9.17) is 32.7 Å². The van der Waals surface area contributed by atoms with Gasteiger partial charge in [0, 0.05) is 37.7 Å². The fourth-order valence-corrected chi connectivity index (χ4v) is 7.12. The third-order valence-corrected chi connectivity index (χ3v) is 9.82. The van der Waals surface area contributed by atoms with E-state index in [1.54, 1.807) is 24.3 Å². The maximum atomic E-state index is 12.9. The number of ether oxygens (including phenoxy) is 2. The Morgan fingerprint density at radius 3 is 2.22 bits per heavy atom. The molecule has 2 heterocycles. The summed E-state index contributed by atoms with van der Waals surface area (Å²) in [6.45, 7) is 2.89. The molecule has 0 amide bonds. The maximum Gasteiger partial charge on any atom is 0.337 e. The van der Waals surface area contributed by atoms with E-state index in [0.29, 0.717) is 54.3 Å². The Kier molecular flexibility index (Phi) is 9.05. The lowest BCUT2D eigenvalue weighted by atomic mass is 10.1. The first-order valence-electron chi connectivity index (χ1n) is 11.3. The van der Waals surface area contributed by atoms with E-state index in [-0.39, 0.29) is 16.3 Å². The fraction of sp³-hybridized carbons (Fsp3) is 0.320. The van der Waals surface area contributed by atoms with Gasteiger partial charge < -0.3 is 9.47 Å². The summed E-state index contributed by atoms with van der Waals surface area (Å²) in [5.74, 6) is -0.384. The summed E-state index contributed by atoms with van der Waals surface area (Å²) in [5, 5.41) is 0.642. The minimum absolute atomic E-state index is 0.248. The molecule has 192 valence electrons. The number of sulfonamides is 1. The molecule has 0 N–H and O–H groups in total. The van der Waals surface area contributed by atoms with Crippen molar-refractivity contribution in [3.8, 4) is 0 Å². The van der Waals surface area contributed by atoms with Crippen molar-refractivity contribution in [2.75, 3.05) is 39.8 Å². The van der Waals surface area contributed by atoms with Crippen molar-refractivity contribution in [2.45, 2.75) is 16.9 Å². The van der Waals surface area contributed by atoms with Gasteiger partial charge in [0.1, 0.15) is 4.21 Å². The third-order valence-electron chi connectivity index (χ3n) is 5.97. The van der Waals surface area contributed by atoms with Crippen molar-refractivity contribution in [3.63, 3.8) is 0 Å². The molecule has 11 heteroatoms. The number of halogens is 2. The van der Waals surface area contributed by atoms with Gasteiger partial charge in [0.25, 0.3) is 10.0 Å². The van der Waals surface area contributed by atoms with E-state index in [9.17, 15) is 13.2 Å². The summed E-state index contributed by atoms with van der Waals surface area (Å²) in [6.07, 6.45) is -0.248. The van der Waals surface area contributed by atoms with Crippen LogP contribution >= 0.6 is 34.5 Å².